The van der Waals surface area contributed by atoms with Gasteiger partial charge >= 0.3 is 6.01 Å². The lowest BCUT2D eigenvalue weighted by atomic mass is 9.95. The molecule has 6 nitrogen and oxygen atoms in total. The number of hydrogen-bond donors (Lipinski definition) is 0. The summed E-state index contributed by atoms with van der Waals surface area (Å²) in [7, 11) is 0. The molecule has 0 bridgehead atoms. The van der Waals surface area contributed by atoms with Crippen LogP contribution in [-0.4, -0.2) is 33.3 Å². The Bertz CT molecular complexity index is 590. The van der Waals surface area contributed by atoms with E-state index in [0.717, 1.165) is 31.6 Å². The van der Waals surface area contributed by atoms with Crippen LogP contribution < -0.4 is 4.90 Å². The van der Waals surface area contributed by atoms with Crippen molar-refractivity contribution in [2.45, 2.75) is 44.9 Å². The van der Waals surface area contributed by atoms with Crippen molar-refractivity contribution in [3.05, 3.63) is 30.2 Å². The van der Waals surface area contributed by atoms with Crippen molar-refractivity contribution >= 4 is 6.01 Å². The van der Waals surface area contributed by atoms with E-state index in [1.165, 1.54) is 0 Å². The molecule has 1 aliphatic rings. The van der Waals surface area contributed by atoms with E-state index in [4.69, 9.17) is 4.42 Å². The second-order valence-corrected chi connectivity index (χ2v) is 6.56. The van der Waals surface area contributed by atoms with Gasteiger partial charge in [0.1, 0.15) is 6.33 Å². The third kappa shape index (κ3) is 3.04. The number of hydrogen-bond acceptors (Lipinski definition) is 6. The van der Waals surface area contributed by atoms with E-state index in [1.54, 1.807) is 12.5 Å². The number of rotatable bonds is 2. The highest BCUT2D eigenvalue weighted by molar-refractivity contribution is 5.28. The zero-order chi connectivity index (χ0) is 14.9. The smallest absolute Gasteiger partial charge is 0.318 e. The lowest BCUT2D eigenvalue weighted by Crippen LogP contribution is -2.34. The number of piperidine rings is 1. The summed E-state index contributed by atoms with van der Waals surface area (Å²) in [5, 5.41) is 8.39. The summed E-state index contributed by atoms with van der Waals surface area (Å²) in [6.45, 7) is 8.04. The van der Waals surface area contributed by atoms with Gasteiger partial charge in [0.25, 0.3) is 0 Å². The SMILES string of the molecule is CC(C)(C)c1nnc(N2CCCC(c3ccncn3)C2)o1. The van der Waals surface area contributed by atoms with Gasteiger partial charge in [-0.25, -0.2) is 9.97 Å². The maximum absolute atomic E-state index is 5.84. The maximum Gasteiger partial charge on any atom is 0.318 e. The quantitative estimate of drug-likeness (QED) is 0.845. The summed E-state index contributed by atoms with van der Waals surface area (Å²) in [6, 6.07) is 2.61. The van der Waals surface area contributed by atoms with E-state index in [9.17, 15) is 0 Å². The minimum absolute atomic E-state index is 0.118. The van der Waals surface area contributed by atoms with Crippen LogP contribution in [0, 0.1) is 0 Å². The Kier molecular flexibility index (Phi) is 3.61. The molecular formula is C15H21N5O. The summed E-state index contributed by atoms with van der Waals surface area (Å²) in [5.41, 5.74) is 0.970. The second-order valence-electron chi connectivity index (χ2n) is 6.56. The van der Waals surface area contributed by atoms with E-state index >= 15 is 0 Å². The Morgan fingerprint density at radius 3 is 2.81 bits per heavy atom. The molecule has 112 valence electrons. The van der Waals surface area contributed by atoms with Crippen molar-refractivity contribution in [2.75, 3.05) is 18.0 Å². The lowest BCUT2D eigenvalue weighted by molar-refractivity contribution is 0.381. The molecule has 0 N–H and O–H groups in total. The predicted octanol–water partition coefficient (Wildman–Crippen LogP) is 2.54. The van der Waals surface area contributed by atoms with Crippen LogP contribution in [0.3, 0.4) is 0 Å². The Balaban J connectivity index is 1.76. The van der Waals surface area contributed by atoms with Gasteiger partial charge in [-0.05, 0) is 18.9 Å². The largest absolute Gasteiger partial charge is 0.407 e. The fourth-order valence-electron chi connectivity index (χ4n) is 2.58. The van der Waals surface area contributed by atoms with Crippen LogP contribution in [0.2, 0.25) is 0 Å². The van der Waals surface area contributed by atoms with E-state index in [0.29, 0.717) is 17.8 Å². The fraction of sp³-hybridized carbons (Fsp3) is 0.600. The molecule has 0 aromatic carbocycles. The number of nitrogens with zero attached hydrogens (tertiary/aromatic N) is 5. The first-order valence-electron chi connectivity index (χ1n) is 7.39. The maximum atomic E-state index is 5.84. The predicted molar refractivity (Wildman–Crippen MR) is 79.2 cm³/mol. The molecule has 0 spiro atoms. The molecule has 2 aromatic rings. The first-order chi connectivity index (χ1) is 10.0. The van der Waals surface area contributed by atoms with Gasteiger partial charge in [0.2, 0.25) is 5.89 Å². The Labute approximate surface area is 124 Å². The molecule has 6 heteroatoms. The monoisotopic (exact) mass is 287 g/mol. The van der Waals surface area contributed by atoms with Crippen LogP contribution in [0.15, 0.2) is 23.0 Å². The third-order valence-electron chi connectivity index (χ3n) is 3.77. The van der Waals surface area contributed by atoms with Crippen molar-refractivity contribution in [3.8, 4) is 0 Å². The molecule has 21 heavy (non-hydrogen) atoms. The van der Waals surface area contributed by atoms with E-state index in [2.05, 4.69) is 45.8 Å². The molecule has 0 amide bonds. The van der Waals surface area contributed by atoms with Gasteiger partial charge in [0.05, 0.1) is 0 Å². The zero-order valence-corrected chi connectivity index (χ0v) is 12.8. The summed E-state index contributed by atoms with van der Waals surface area (Å²) in [6.07, 6.45) is 5.64. The molecule has 3 rings (SSSR count). The van der Waals surface area contributed by atoms with Crippen molar-refractivity contribution in [2.24, 2.45) is 0 Å². The minimum Gasteiger partial charge on any atom is -0.407 e. The van der Waals surface area contributed by atoms with Gasteiger partial charge in [0, 0.05) is 36.3 Å². The molecule has 1 saturated heterocycles. The van der Waals surface area contributed by atoms with Crippen LogP contribution in [0.4, 0.5) is 6.01 Å². The highest BCUT2D eigenvalue weighted by Gasteiger charge is 2.28. The number of aromatic nitrogens is 4. The van der Waals surface area contributed by atoms with Gasteiger partial charge < -0.3 is 9.32 Å². The van der Waals surface area contributed by atoms with Crippen LogP contribution in [-0.2, 0) is 5.41 Å². The molecule has 1 atom stereocenters. The van der Waals surface area contributed by atoms with Crippen molar-refractivity contribution in [3.63, 3.8) is 0 Å². The lowest BCUT2D eigenvalue weighted by Gasteiger charge is -2.30. The van der Waals surface area contributed by atoms with Crippen LogP contribution >= 0.6 is 0 Å². The van der Waals surface area contributed by atoms with Crippen LogP contribution in [0.5, 0.6) is 0 Å². The highest BCUT2D eigenvalue weighted by atomic mass is 16.4. The fourth-order valence-corrected chi connectivity index (χ4v) is 2.58. The molecule has 1 unspecified atom stereocenters. The average molecular weight is 287 g/mol. The molecule has 1 fully saturated rings. The van der Waals surface area contributed by atoms with Crippen molar-refractivity contribution < 1.29 is 4.42 Å². The molecule has 0 saturated carbocycles. The summed E-state index contributed by atoms with van der Waals surface area (Å²) < 4.78 is 5.84. The molecule has 3 heterocycles. The third-order valence-corrected chi connectivity index (χ3v) is 3.77. The van der Waals surface area contributed by atoms with Gasteiger partial charge in [-0.3, -0.25) is 0 Å². The molecule has 2 aromatic heterocycles. The summed E-state index contributed by atoms with van der Waals surface area (Å²) in [4.78, 5) is 10.5. The Morgan fingerprint density at radius 1 is 1.29 bits per heavy atom. The summed E-state index contributed by atoms with van der Waals surface area (Å²) in [5.74, 6) is 1.08. The van der Waals surface area contributed by atoms with Gasteiger partial charge in [0.15, 0.2) is 0 Å². The van der Waals surface area contributed by atoms with E-state index in [-0.39, 0.29) is 5.41 Å². The highest BCUT2D eigenvalue weighted by Crippen LogP contribution is 2.30. The Morgan fingerprint density at radius 2 is 2.14 bits per heavy atom. The normalized spacial score (nSPS) is 19.8. The van der Waals surface area contributed by atoms with Crippen LogP contribution in [0.25, 0.3) is 0 Å². The van der Waals surface area contributed by atoms with Crippen molar-refractivity contribution in [1.82, 2.24) is 20.2 Å². The summed E-state index contributed by atoms with van der Waals surface area (Å²) >= 11 is 0. The molecular weight excluding hydrogens is 266 g/mol. The van der Waals surface area contributed by atoms with E-state index < -0.39 is 0 Å². The first-order valence-corrected chi connectivity index (χ1v) is 7.39. The average Bonchev–Trinajstić information content (AvgIpc) is 2.98. The molecule has 1 aliphatic heterocycles. The van der Waals surface area contributed by atoms with Gasteiger partial charge in [-0.15, -0.1) is 5.10 Å². The van der Waals surface area contributed by atoms with Crippen LogP contribution in [0.1, 0.15) is 51.1 Å². The van der Waals surface area contributed by atoms with E-state index in [1.807, 2.05) is 6.07 Å². The van der Waals surface area contributed by atoms with Crippen molar-refractivity contribution in [1.29, 1.82) is 0 Å². The topological polar surface area (TPSA) is 67.9 Å². The second kappa shape index (κ2) is 5.42. The first kappa shape index (κ1) is 14.0. The van der Waals surface area contributed by atoms with Gasteiger partial charge in [-0.2, -0.15) is 0 Å². The Hall–Kier alpha value is -1.98. The zero-order valence-electron chi connectivity index (χ0n) is 12.8. The number of anilines is 1. The minimum atomic E-state index is -0.118. The molecule has 0 aliphatic carbocycles. The standard InChI is InChI=1S/C15H21N5O/c1-15(2,3)13-18-19-14(21-13)20-8-4-5-11(9-20)12-6-7-16-10-17-12/h6-7,10-11H,4-5,8-9H2,1-3H3. The van der Waals surface area contributed by atoms with Gasteiger partial charge in [-0.1, -0.05) is 25.9 Å². The molecule has 0 radical (unpaired) electrons.